The number of piperazine rings is 1. The number of hydrogen-bond donors (Lipinski definition) is 2. The van der Waals surface area contributed by atoms with Crippen LogP contribution < -0.4 is 15.0 Å². The average Bonchev–Trinajstić information content (AvgIpc) is 3.33. The zero-order valence-electron chi connectivity index (χ0n) is 20.9. The van der Waals surface area contributed by atoms with Crippen molar-refractivity contribution in [1.29, 1.82) is 0 Å². The van der Waals surface area contributed by atoms with Crippen molar-refractivity contribution in [3.63, 3.8) is 0 Å². The zero-order valence-corrected chi connectivity index (χ0v) is 21.7. The van der Waals surface area contributed by atoms with Crippen LogP contribution in [0.3, 0.4) is 0 Å². The first-order chi connectivity index (χ1) is 17.8. The first kappa shape index (κ1) is 25.2. The molecule has 0 unspecified atom stereocenters. The molecule has 0 amide bonds. The Labute approximate surface area is 219 Å². The molecule has 0 spiro atoms. The van der Waals surface area contributed by atoms with Crippen LogP contribution in [-0.2, 0) is 0 Å². The van der Waals surface area contributed by atoms with Gasteiger partial charge in [-0.2, -0.15) is 0 Å². The summed E-state index contributed by atoms with van der Waals surface area (Å²) in [6, 6.07) is 8.89. The summed E-state index contributed by atoms with van der Waals surface area (Å²) in [6.07, 6.45) is 4.44. The number of aromatic nitrogens is 4. The first-order valence-corrected chi connectivity index (χ1v) is 12.4. The third-order valence-corrected chi connectivity index (χ3v) is 7.05. The van der Waals surface area contributed by atoms with Crippen LogP contribution in [0.4, 0.5) is 21.7 Å². The lowest BCUT2D eigenvalue weighted by molar-refractivity contribution is 0.0527. The number of rotatable bonds is 7. The van der Waals surface area contributed by atoms with Crippen LogP contribution in [-0.4, -0.2) is 74.8 Å². The second-order valence-electron chi connectivity index (χ2n) is 9.56. The van der Waals surface area contributed by atoms with Gasteiger partial charge in [-0.1, -0.05) is 11.6 Å². The molecule has 0 bridgehead atoms. The van der Waals surface area contributed by atoms with Crippen molar-refractivity contribution in [1.82, 2.24) is 24.3 Å². The fourth-order valence-electron chi connectivity index (χ4n) is 4.51. The third-order valence-electron chi connectivity index (χ3n) is 6.78. The predicted molar refractivity (Wildman–Crippen MR) is 142 cm³/mol. The van der Waals surface area contributed by atoms with Crippen LogP contribution in [0, 0.1) is 5.82 Å². The Balaban J connectivity index is 1.37. The van der Waals surface area contributed by atoms with Crippen LogP contribution in [0.15, 0.2) is 48.9 Å². The zero-order chi connectivity index (χ0) is 26.2. The van der Waals surface area contributed by atoms with Crippen LogP contribution in [0.25, 0.3) is 17.0 Å². The number of benzene rings is 1. The highest BCUT2D eigenvalue weighted by Gasteiger charge is 2.29. The van der Waals surface area contributed by atoms with Crippen molar-refractivity contribution < 1.29 is 14.2 Å². The van der Waals surface area contributed by atoms with Crippen LogP contribution in [0.1, 0.15) is 13.8 Å². The van der Waals surface area contributed by atoms with E-state index in [4.69, 9.17) is 16.3 Å². The Morgan fingerprint density at radius 1 is 1.11 bits per heavy atom. The minimum absolute atomic E-state index is 0.129. The first-order valence-electron chi connectivity index (χ1n) is 12.0. The van der Waals surface area contributed by atoms with E-state index in [-0.39, 0.29) is 12.1 Å². The number of anilines is 3. The highest BCUT2D eigenvalue weighted by atomic mass is 35.5. The molecule has 37 heavy (non-hydrogen) atoms. The van der Waals surface area contributed by atoms with Gasteiger partial charge >= 0.3 is 0 Å². The number of hydrogen-bond acceptors (Lipinski definition) is 8. The standard InChI is InChI=1S/C26H29ClFN7O2/c1-26(2,16-36)34-10-8-33(9-11-34)18-5-6-20(22(12-18)37-3)31-25-30-13-19(27)24(32-25)21-14-29-23-7-4-17(28)15-35(21)23/h4-7,12-15,36H,8-11,16H2,1-3H3,(H,30,31,32). The predicted octanol–water partition coefficient (Wildman–Crippen LogP) is 4.23. The third kappa shape index (κ3) is 5.04. The van der Waals surface area contributed by atoms with Gasteiger partial charge in [0, 0.05) is 49.7 Å². The molecule has 1 fully saturated rings. The Kier molecular flexibility index (Phi) is 6.89. The maximum atomic E-state index is 13.9. The molecular formula is C26H29ClFN7O2. The van der Waals surface area contributed by atoms with Crippen molar-refractivity contribution in [2.24, 2.45) is 0 Å². The average molecular weight is 526 g/mol. The van der Waals surface area contributed by atoms with E-state index in [9.17, 15) is 9.50 Å². The Hall–Kier alpha value is -3.47. The van der Waals surface area contributed by atoms with Gasteiger partial charge in [-0.05, 0) is 38.1 Å². The Morgan fingerprint density at radius 3 is 2.62 bits per heavy atom. The number of aliphatic hydroxyl groups excluding tert-OH is 1. The SMILES string of the molecule is COc1cc(N2CCN(C(C)(C)CO)CC2)ccc1Nc1ncc(Cl)c(-c2cnc3ccc(F)cn23)n1. The molecule has 2 N–H and O–H groups in total. The lowest BCUT2D eigenvalue weighted by Crippen LogP contribution is -2.56. The highest BCUT2D eigenvalue weighted by molar-refractivity contribution is 6.32. The number of nitrogens with one attached hydrogen (secondary N) is 1. The molecule has 11 heteroatoms. The van der Waals surface area contributed by atoms with Gasteiger partial charge in [-0.15, -0.1) is 0 Å². The molecule has 1 saturated heterocycles. The van der Waals surface area contributed by atoms with Crippen molar-refractivity contribution in [3.05, 3.63) is 59.8 Å². The molecule has 1 aliphatic heterocycles. The van der Waals surface area contributed by atoms with Crippen molar-refractivity contribution in [3.8, 4) is 17.1 Å². The molecule has 5 rings (SSSR count). The quantitative estimate of drug-likeness (QED) is 0.370. The fourth-order valence-corrected chi connectivity index (χ4v) is 4.69. The van der Waals surface area contributed by atoms with E-state index < -0.39 is 5.82 Å². The van der Waals surface area contributed by atoms with Crippen LogP contribution >= 0.6 is 11.6 Å². The Morgan fingerprint density at radius 2 is 1.89 bits per heavy atom. The Bertz CT molecular complexity index is 1420. The molecule has 0 saturated carbocycles. The molecule has 3 aromatic heterocycles. The molecule has 1 aromatic carbocycles. The molecule has 9 nitrogen and oxygen atoms in total. The van der Waals surface area contributed by atoms with E-state index >= 15 is 0 Å². The van der Waals surface area contributed by atoms with E-state index in [1.807, 2.05) is 18.2 Å². The van der Waals surface area contributed by atoms with E-state index in [1.165, 1.54) is 18.5 Å². The molecular weight excluding hydrogens is 497 g/mol. The minimum Gasteiger partial charge on any atom is -0.494 e. The van der Waals surface area contributed by atoms with Gasteiger partial charge < -0.3 is 20.1 Å². The number of nitrogens with zero attached hydrogens (tertiary/aromatic N) is 6. The molecule has 0 atom stereocenters. The van der Waals surface area contributed by atoms with Gasteiger partial charge in [0.25, 0.3) is 0 Å². The number of halogens is 2. The minimum atomic E-state index is -0.390. The van der Waals surface area contributed by atoms with Gasteiger partial charge in [-0.25, -0.2) is 19.3 Å². The smallest absolute Gasteiger partial charge is 0.227 e. The van der Waals surface area contributed by atoms with E-state index in [1.54, 1.807) is 23.8 Å². The lowest BCUT2D eigenvalue weighted by Gasteiger charge is -2.44. The summed E-state index contributed by atoms with van der Waals surface area (Å²) in [5, 5.41) is 13.2. The monoisotopic (exact) mass is 525 g/mol. The number of methoxy groups -OCH3 is 1. The largest absolute Gasteiger partial charge is 0.494 e. The fraction of sp³-hybridized carbons (Fsp3) is 0.346. The van der Waals surface area contributed by atoms with Crippen molar-refractivity contribution in [2.75, 3.05) is 50.1 Å². The van der Waals surface area contributed by atoms with Gasteiger partial charge in [0.2, 0.25) is 5.95 Å². The molecule has 1 aliphatic rings. The number of ether oxygens (including phenoxy) is 1. The lowest BCUT2D eigenvalue weighted by atomic mass is 10.0. The summed E-state index contributed by atoms with van der Waals surface area (Å²) in [4.78, 5) is 17.8. The summed E-state index contributed by atoms with van der Waals surface area (Å²) in [7, 11) is 1.62. The summed E-state index contributed by atoms with van der Waals surface area (Å²) < 4.78 is 21.1. The molecule has 4 heterocycles. The van der Waals surface area contributed by atoms with Gasteiger partial charge in [0.05, 0.1) is 42.5 Å². The van der Waals surface area contributed by atoms with Crippen molar-refractivity contribution >= 4 is 34.6 Å². The van der Waals surface area contributed by atoms with Crippen LogP contribution in [0.2, 0.25) is 5.02 Å². The molecule has 194 valence electrons. The number of imidazole rings is 1. The van der Waals surface area contributed by atoms with Gasteiger partial charge in [0.1, 0.15) is 22.9 Å². The molecule has 4 aromatic rings. The highest BCUT2D eigenvalue weighted by Crippen LogP contribution is 2.34. The molecule has 0 aliphatic carbocycles. The van der Waals surface area contributed by atoms with Crippen molar-refractivity contribution in [2.45, 2.75) is 19.4 Å². The van der Waals surface area contributed by atoms with Crippen LogP contribution in [0.5, 0.6) is 5.75 Å². The number of aliphatic hydroxyl groups is 1. The maximum Gasteiger partial charge on any atom is 0.227 e. The van der Waals surface area contributed by atoms with E-state index in [0.717, 1.165) is 31.9 Å². The maximum absolute atomic E-state index is 13.9. The number of fused-ring (bicyclic) bond motifs is 1. The molecule has 0 radical (unpaired) electrons. The van der Waals surface area contributed by atoms with E-state index in [2.05, 4.69) is 43.9 Å². The second-order valence-corrected chi connectivity index (χ2v) is 9.97. The topological polar surface area (TPSA) is 91.0 Å². The van der Waals surface area contributed by atoms with Gasteiger partial charge in [0.15, 0.2) is 0 Å². The summed E-state index contributed by atoms with van der Waals surface area (Å²) >= 11 is 6.41. The normalized spacial score (nSPS) is 14.8. The van der Waals surface area contributed by atoms with Gasteiger partial charge in [-0.3, -0.25) is 9.30 Å². The summed E-state index contributed by atoms with van der Waals surface area (Å²) in [5.74, 6) is 0.572. The summed E-state index contributed by atoms with van der Waals surface area (Å²) in [5.41, 5.74) is 3.08. The second kappa shape index (κ2) is 10.1. The number of pyridine rings is 1. The summed E-state index contributed by atoms with van der Waals surface area (Å²) in [6.45, 7) is 7.68. The van der Waals surface area contributed by atoms with E-state index in [0.29, 0.717) is 39.4 Å².